The second kappa shape index (κ2) is 6.51. The fourth-order valence-electron chi connectivity index (χ4n) is 1.76. The summed E-state index contributed by atoms with van der Waals surface area (Å²) in [6.45, 7) is 5.39. The summed E-state index contributed by atoms with van der Waals surface area (Å²) in [5.74, 6) is -0.776. The normalized spacial score (nSPS) is 13.7. The molecule has 0 heterocycles. The SMILES string of the molecule is COCC(NS(=O)(=O)c1cc(N)cc(C)c1F)C(C)C. The molecule has 1 unspecified atom stereocenters. The Labute approximate surface area is 119 Å². The second-order valence-electron chi connectivity index (χ2n) is 5.08. The summed E-state index contributed by atoms with van der Waals surface area (Å²) in [6, 6.07) is 2.07. The highest BCUT2D eigenvalue weighted by Crippen LogP contribution is 2.22. The standard InChI is InChI=1S/C13H21FN2O3S/c1-8(2)11(7-19-4)16-20(17,18)12-6-10(15)5-9(3)13(12)14/h5-6,8,11,16H,7,15H2,1-4H3. The van der Waals surface area contributed by atoms with E-state index in [-0.39, 0.29) is 23.8 Å². The van der Waals surface area contributed by atoms with Crippen LogP contribution in [0.5, 0.6) is 0 Å². The highest BCUT2D eigenvalue weighted by atomic mass is 32.2. The summed E-state index contributed by atoms with van der Waals surface area (Å²) in [5, 5.41) is 0. The number of rotatable bonds is 6. The molecule has 20 heavy (non-hydrogen) atoms. The Bertz CT molecular complexity index is 573. The molecule has 0 aliphatic rings. The van der Waals surface area contributed by atoms with Crippen molar-refractivity contribution in [3.05, 3.63) is 23.5 Å². The van der Waals surface area contributed by atoms with E-state index in [1.54, 1.807) is 0 Å². The summed E-state index contributed by atoms with van der Waals surface area (Å²) in [5.41, 5.74) is 5.99. The van der Waals surface area contributed by atoms with Crippen molar-refractivity contribution in [2.45, 2.75) is 31.7 Å². The molecular formula is C13H21FN2O3S. The zero-order chi connectivity index (χ0) is 15.5. The molecule has 3 N–H and O–H groups in total. The Morgan fingerprint density at radius 1 is 1.40 bits per heavy atom. The zero-order valence-corrected chi connectivity index (χ0v) is 12.9. The van der Waals surface area contributed by atoms with Crippen molar-refractivity contribution in [1.82, 2.24) is 4.72 Å². The van der Waals surface area contributed by atoms with E-state index in [1.807, 2.05) is 13.8 Å². The number of ether oxygens (including phenoxy) is 1. The van der Waals surface area contributed by atoms with E-state index in [4.69, 9.17) is 10.5 Å². The molecule has 0 radical (unpaired) electrons. The number of aryl methyl sites for hydroxylation is 1. The molecule has 5 nitrogen and oxygen atoms in total. The van der Waals surface area contributed by atoms with Gasteiger partial charge in [0.2, 0.25) is 10.0 Å². The van der Waals surface area contributed by atoms with Crippen molar-refractivity contribution in [3.8, 4) is 0 Å². The van der Waals surface area contributed by atoms with Crippen LogP contribution in [0.15, 0.2) is 17.0 Å². The van der Waals surface area contributed by atoms with E-state index < -0.39 is 26.8 Å². The number of nitrogens with one attached hydrogen (secondary N) is 1. The van der Waals surface area contributed by atoms with Crippen LogP contribution in [0.25, 0.3) is 0 Å². The van der Waals surface area contributed by atoms with Gasteiger partial charge in [-0.1, -0.05) is 13.8 Å². The molecular weight excluding hydrogens is 283 g/mol. The van der Waals surface area contributed by atoms with E-state index in [0.29, 0.717) is 0 Å². The van der Waals surface area contributed by atoms with Gasteiger partial charge in [0.1, 0.15) is 10.7 Å². The molecule has 1 atom stereocenters. The van der Waals surface area contributed by atoms with Crippen molar-refractivity contribution in [3.63, 3.8) is 0 Å². The van der Waals surface area contributed by atoms with Crippen LogP contribution >= 0.6 is 0 Å². The first-order valence-corrected chi connectivity index (χ1v) is 7.74. The van der Waals surface area contributed by atoms with Crippen LogP contribution in [-0.4, -0.2) is 28.2 Å². The second-order valence-corrected chi connectivity index (χ2v) is 6.76. The van der Waals surface area contributed by atoms with E-state index in [2.05, 4.69) is 4.72 Å². The van der Waals surface area contributed by atoms with Gasteiger partial charge in [0.15, 0.2) is 0 Å². The Balaban J connectivity index is 3.17. The third kappa shape index (κ3) is 3.91. The molecule has 0 amide bonds. The van der Waals surface area contributed by atoms with Gasteiger partial charge >= 0.3 is 0 Å². The van der Waals surface area contributed by atoms with Gasteiger partial charge in [-0.3, -0.25) is 0 Å². The molecule has 0 aliphatic heterocycles. The number of anilines is 1. The van der Waals surface area contributed by atoms with Gasteiger partial charge < -0.3 is 10.5 Å². The van der Waals surface area contributed by atoms with Crippen LogP contribution < -0.4 is 10.5 Å². The van der Waals surface area contributed by atoms with Gasteiger partial charge in [-0.15, -0.1) is 0 Å². The monoisotopic (exact) mass is 304 g/mol. The first-order valence-electron chi connectivity index (χ1n) is 6.26. The van der Waals surface area contributed by atoms with Crippen LogP contribution in [0.1, 0.15) is 19.4 Å². The number of nitrogens with two attached hydrogens (primary N) is 1. The van der Waals surface area contributed by atoms with Gasteiger partial charge in [-0.2, -0.15) is 0 Å². The minimum Gasteiger partial charge on any atom is -0.399 e. The van der Waals surface area contributed by atoms with Crippen molar-refractivity contribution in [2.75, 3.05) is 19.5 Å². The van der Waals surface area contributed by atoms with Crippen molar-refractivity contribution >= 4 is 15.7 Å². The van der Waals surface area contributed by atoms with Crippen molar-refractivity contribution in [1.29, 1.82) is 0 Å². The quantitative estimate of drug-likeness (QED) is 0.783. The molecule has 1 rings (SSSR count). The van der Waals surface area contributed by atoms with Crippen LogP contribution in [0, 0.1) is 18.7 Å². The Kier molecular flexibility index (Phi) is 5.50. The maximum Gasteiger partial charge on any atom is 0.243 e. The lowest BCUT2D eigenvalue weighted by Gasteiger charge is -2.21. The molecule has 0 saturated heterocycles. The van der Waals surface area contributed by atoms with Crippen LogP contribution in [0.3, 0.4) is 0 Å². The molecule has 0 aliphatic carbocycles. The number of benzene rings is 1. The van der Waals surface area contributed by atoms with Crippen LogP contribution in [-0.2, 0) is 14.8 Å². The molecule has 1 aromatic carbocycles. The van der Waals surface area contributed by atoms with E-state index >= 15 is 0 Å². The highest BCUT2D eigenvalue weighted by molar-refractivity contribution is 7.89. The minimum absolute atomic E-state index is 0.00921. The average Bonchev–Trinajstić information content (AvgIpc) is 2.32. The molecule has 0 spiro atoms. The molecule has 1 aromatic rings. The van der Waals surface area contributed by atoms with E-state index in [1.165, 1.54) is 20.1 Å². The lowest BCUT2D eigenvalue weighted by atomic mass is 10.1. The lowest BCUT2D eigenvalue weighted by Crippen LogP contribution is -2.41. The summed E-state index contributed by atoms with van der Waals surface area (Å²) in [7, 11) is -2.51. The average molecular weight is 304 g/mol. The fourth-order valence-corrected chi connectivity index (χ4v) is 3.32. The number of hydrogen-bond donors (Lipinski definition) is 2. The van der Waals surface area contributed by atoms with E-state index in [0.717, 1.165) is 6.07 Å². The summed E-state index contributed by atoms with van der Waals surface area (Å²) >= 11 is 0. The third-order valence-corrected chi connectivity index (χ3v) is 4.48. The minimum atomic E-state index is -3.99. The van der Waals surface area contributed by atoms with Gasteiger partial charge in [0.05, 0.1) is 6.61 Å². The molecule has 0 fully saturated rings. The Morgan fingerprint density at radius 3 is 2.50 bits per heavy atom. The molecule has 0 saturated carbocycles. The summed E-state index contributed by atoms with van der Waals surface area (Å²) in [6.07, 6.45) is 0. The lowest BCUT2D eigenvalue weighted by molar-refractivity contribution is 0.157. The largest absolute Gasteiger partial charge is 0.399 e. The maximum absolute atomic E-state index is 14.0. The molecule has 114 valence electrons. The third-order valence-electron chi connectivity index (χ3n) is 2.99. The van der Waals surface area contributed by atoms with E-state index in [9.17, 15) is 12.8 Å². The summed E-state index contributed by atoms with van der Waals surface area (Å²) in [4.78, 5) is -0.434. The van der Waals surface area contributed by atoms with Crippen LogP contribution in [0.2, 0.25) is 0 Å². The number of methoxy groups -OCH3 is 1. The Morgan fingerprint density at radius 2 is 2.00 bits per heavy atom. The summed E-state index contributed by atoms with van der Waals surface area (Å²) < 4.78 is 46.0. The first-order chi connectivity index (χ1) is 9.19. The van der Waals surface area contributed by atoms with Gasteiger partial charge in [0, 0.05) is 18.8 Å². The number of sulfonamides is 1. The van der Waals surface area contributed by atoms with Gasteiger partial charge in [-0.25, -0.2) is 17.5 Å². The topological polar surface area (TPSA) is 81.4 Å². The highest BCUT2D eigenvalue weighted by Gasteiger charge is 2.26. The molecule has 7 heteroatoms. The zero-order valence-electron chi connectivity index (χ0n) is 12.1. The number of halogens is 1. The van der Waals surface area contributed by atoms with Crippen LogP contribution in [0.4, 0.5) is 10.1 Å². The number of nitrogen functional groups attached to an aromatic ring is 1. The molecule has 0 bridgehead atoms. The van der Waals surface area contributed by atoms with Gasteiger partial charge in [0.25, 0.3) is 0 Å². The van der Waals surface area contributed by atoms with Gasteiger partial charge in [-0.05, 0) is 30.5 Å². The smallest absolute Gasteiger partial charge is 0.243 e. The first kappa shape index (κ1) is 16.9. The van der Waals surface area contributed by atoms with Crippen molar-refractivity contribution in [2.24, 2.45) is 5.92 Å². The molecule has 0 aromatic heterocycles. The predicted molar refractivity (Wildman–Crippen MR) is 76.4 cm³/mol. The Hall–Kier alpha value is -1.18. The predicted octanol–water partition coefficient (Wildman–Crippen LogP) is 1.67. The fraction of sp³-hybridized carbons (Fsp3) is 0.538. The number of hydrogen-bond acceptors (Lipinski definition) is 4. The van der Waals surface area contributed by atoms with Crippen molar-refractivity contribution < 1.29 is 17.5 Å². The maximum atomic E-state index is 14.0.